The Bertz CT molecular complexity index is 8.00. The van der Waals surface area contributed by atoms with Crippen molar-refractivity contribution in [2.45, 2.75) is 0 Å². The minimum absolute atomic E-state index is 4.77. The van der Waals surface area contributed by atoms with E-state index in [1.165, 1.54) is 0 Å². The summed E-state index contributed by atoms with van der Waals surface area (Å²) in [5, 5.41) is 0. The zero-order valence-corrected chi connectivity index (χ0v) is 3.48. The number of rotatable bonds is 0. The molecule has 0 aromatic rings. The van der Waals surface area contributed by atoms with E-state index >= 15 is 0 Å². The molecule has 0 saturated heterocycles. The summed E-state index contributed by atoms with van der Waals surface area (Å²) in [7, 11) is 0. The molecule has 31 valence electrons. The second kappa shape index (κ2) is 2.31. The first kappa shape index (κ1) is 5.06. The van der Waals surface area contributed by atoms with Crippen LogP contribution in [-0.4, -0.2) is 0 Å². The molecule has 0 aliphatic heterocycles. The van der Waals surface area contributed by atoms with Gasteiger partial charge in [0.1, 0.15) is 0 Å². The number of halogens is 3. The second-order valence-corrected chi connectivity index (χ2v) is 1.01. The van der Waals surface area contributed by atoms with E-state index < -0.39 is 34.6 Å². The monoisotopic (exact) mass is 221 g/mol. The van der Waals surface area contributed by atoms with E-state index in [0.717, 1.165) is 0 Å². The molecule has 0 saturated carbocycles. The predicted molar refractivity (Wildman–Crippen MR) is 3.32 cm³/mol. The summed E-state index contributed by atoms with van der Waals surface area (Å²) in [6, 6.07) is 0. The summed E-state index contributed by atoms with van der Waals surface area (Å²) in [5.74, 6) is 0. The number of hydrogen-bond donors (Lipinski definition) is 0. The molecule has 0 fully saturated rings. The first-order chi connectivity index (χ1) is 1.73. The van der Waals surface area contributed by atoms with Crippen molar-refractivity contribution in [2.75, 3.05) is 0 Å². The molecule has 0 spiro atoms. The van der Waals surface area contributed by atoms with Gasteiger partial charge in [-0.05, 0) is 0 Å². The van der Waals surface area contributed by atoms with Crippen LogP contribution in [0.4, 0.5) is 3.95 Å². The molecule has 0 heterocycles. The quantitative estimate of drug-likeness (QED) is 0.575. The van der Waals surface area contributed by atoms with Gasteiger partial charge < -0.3 is 0 Å². The molecule has 0 N–H and O–H groups in total. The fourth-order valence-corrected chi connectivity index (χ4v) is 0. The number of hydrogen-bond acceptors (Lipinski definition) is 0. The Balaban J connectivity index is 2.32. The van der Waals surface area contributed by atoms with Gasteiger partial charge in [0.05, 0.1) is 0 Å². The van der Waals surface area contributed by atoms with Crippen LogP contribution in [0.2, 0.25) is 0 Å². The standard InChI is InChI=1S/Dy.3FH/h;3*1H/q+3;;;/p-3. The molecule has 0 aliphatic rings. The molecule has 0 amide bonds. The average molecular weight is 219 g/mol. The Labute approximate surface area is 38.4 Å². The summed E-state index contributed by atoms with van der Waals surface area (Å²) >= 11 is -4.77. The summed E-state index contributed by atoms with van der Waals surface area (Å²) in [5.41, 5.74) is 0. The topological polar surface area (TPSA) is 0 Å². The fourth-order valence-electron chi connectivity index (χ4n) is 0. The van der Waals surface area contributed by atoms with Crippen LogP contribution >= 0.6 is 0 Å². The first-order valence-electron chi connectivity index (χ1n) is 0.359. The predicted octanol–water partition coefficient (Wildman–Crippen LogP) is 1.26. The molecule has 0 radical (unpaired) electrons. The summed E-state index contributed by atoms with van der Waals surface area (Å²) in [4.78, 5) is 0. The molecule has 0 bridgehead atoms. The minimum atomic E-state index is -4.77. The van der Waals surface area contributed by atoms with E-state index in [1.807, 2.05) is 0 Å². The Morgan fingerprint density at radius 3 is 1.00 bits per heavy atom. The molecule has 0 aromatic heterocycles. The van der Waals surface area contributed by atoms with Crippen molar-refractivity contribution in [2.24, 2.45) is 0 Å². The van der Waals surface area contributed by atoms with Gasteiger partial charge in [0.15, 0.2) is 0 Å². The van der Waals surface area contributed by atoms with Crippen molar-refractivity contribution >= 4 is 0 Å². The van der Waals surface area contributed by atoms with E-state index in [0.29, 0.717) is 0 Å². The molecule has 4 heteroatoms. The van der Waals surface area contributed by atoms with Crippen molar-refractivity contribution < 1.29 is 38.6 Å². The van der Waals surface area contributed by atoms with E-state index in [2.05, 4.69) is 0 Å². The van der Waals surface area contributed by atoms with Crippen LogP contribution in [-0.2, 0) is 0 Å². The third-order valence-corrected chi connectivity index (χ3v) is 0. The fraction of sp³-hybridized carbons (Fsp3) is 0. The summed E-state index contributed by atoms with van der Waals surface area (Å²) in [6.45, 7) is 0. The van der Waals surface area contributed by atoms with Crippen molar-refractivity contribution in [1.82, 2.24) is 0 Å². The maximum absolute atomic E-state index is 9.82. The second-order valence-electron chi connectivity index (χ2n) is 0.136. The Kier molecular flexibility index (Phi) is 2.92. The van der Waals surface area contributed by atoms with E-state index in [9.17, 15) is 3.95 Å². The van der Waals surface area contributed by atoms with E-state index in [-0.39, 0.29) is 0 Å². The summed E-state index contributed by atoms with van der Waals surface area (Å²) in [6.07, 6.45) is 0. The van der Waals surface area contributed by atoms with Crippen molar-refractivity contribution in [3.8, 4) is 0 Å². The third-order valence-electron chi connectivity index (χ3n) is 0. The van der Waals surface area contributed by atoms with Crippen molar-refractivity contribution in [3.63, 3.8) is 0 Å². The normalized spacial score (nSPS) is 11.2. The first-order valence-corrected chi connectivity index (χ1v) is 2.66. The van der Waals surface area contributed by atoms with Gasteiger partial charge in [0.25, 0.3) is 0 Å². The van der Waals surface area contributed by atoms with Crippen LogP contribution in [0.15, 0.2) is 0 Å². The third kappa shape index (κ3) is 11.5. The maximum atomic E-state index is 9.82. The molecule has 0 atom stereocenters. The molecule has 0 rings (SSSR count). The van der Waals surface area contributed by atoms with Crippen LogP contribution in [0.3, 0.4) is 0 Å². The van der Waals surface area contributed by atoms with Crippen LogP contribution < -0.4 is 0 Å². The molecular weight excluding hydrogens is 219 g/mol. The van der Waals surface area contributed by atoms with Gasteiger partial charge in [-0.1, -0.05) is 0 Å². The van der Waals surface area contributed by atoms with Gasteiger partial charge in [0, 0.05) is 0 Å². The van der Waals surface area contributed by atoms with Crippen LogP contribution in [0.25, 0.3) is 0 Å². The Morgan fingerprint density at radius 1 is 1.00 bits per heavy atom. The van der Waals surface area contributed by atoms with E-state index in [4.69, 9.17) is 0 Å². The van der Waals surface area contributed by atoms with Gasteiger partial charge in [-0.25, -0.2) is 0 Å². The van der Waals surface area contributed by atoms with Crippen LogP contribution in [0.5, 0.6) is 0 Å². The van der Waals surface area contributed by atoms with Crippen LogP contribution in [0, 0.1) is 34.6 Å². The van der Waals surface area contributed by atoms with Crippen molar-refractivity contribution in [1.29, 1.82) is 0 Å². The molecule has 0 aromatic carbocycles. The van der Waals surface area contributed by atoms with Gasteiger partial charge in [0.2, 0.25) is 0 Å². The van der Waals surface area contributed by atoms with E-state index in [1.54, 1.807) is 0 Å². The zero-order chi connectivity index (χ0) is 3.58. The molecule has 0 unspecified atom stereocenters. The summed E-state index contributed by atoms with van der Waals surface area (Å²) < 4.78 is 29.5. The van der Waals surface area contributed by atoms with Gasteiger partial charge >= 0.3 is 38.6 Å². The molecule has 0 nitrogen and oxygen atoms in total. The molecular formula is DyF3. The SMILES string of the molecule is [F][Dy]([F])[F]. The molecule has 4 heavy (non-hydrogen) atoms. The average Bonchev–Trinajstić information content (AvgIpc) is 0.811. The van der Waals surface area contributed by atoms with Crippen molar-refractivity contribution in [3.05, 3.63) is 0 Å². The Hall–Kier alpha value is 1.06. The van der Waals surface area contributed by atoms with Gasteiger partial charge in [-0.2, -0.15) is 0 Å². The molecule has 0 aliphatic carbocycles. The van der Waals surface area contributed by atoms with Gasteiger partial charge in [-0.15, -0.1) is 0 Å². The van der Waals surface area contributed by atoms with Crippen LogP contribution in [0.1, 0.15) is 0 Å². The van der Waals surface area contributed by atoms with Gasteiger partial charge in [-0.3, -0.25) is 0 Å². The zero-order valence-electron chi connectivity index (χ0n) is 1.45. The Morgan fingerprint density at radius 2 is 1.00 bits per heavy atom.